The van der Waals surface area contributed by atoms with E-state index in [1.807, 2.05) is 73.0 Å². The first-order valence-electron chi connectivity index (χ1n) is 11.8. The van der Waals surface area contributed by atoms with E-state index in [0.717, 1.165) is 34.5 Å². The summed E-state index contributed by atoms with van der Waals surface area (Å²) in [5, 5.41) is 0.604. The van der Waals surface area contributed by atoms with Gasteiger partial charge in [0.15, 0.2) is 0 Å². The second kappa shape index (κ2) is 10.1. The quantitative estimate of drug-likeness (QED) is 0.359. The fourth-order valence-corrected chi connectivity index (χ4v) is 5.02. The molecule has 1 aromatic heterocycles. The number of rotatable bonds is 6. The van der Waals surface area contributed by atoms with Crippen LogP contribution < -0.4 is 10.3 Å². The summed E-state index contributed by atoms with van der Waals surface area (Å²) in [5.74, 6) is 1.37. The number of ether oxygens (including phenoxy) is 1. The van der Waals surface area contributed by atoms with Crippen molar-refractivity contribution in [3.05, 3.63) is 128 Å². The number of aromatic nitrogens is 2. The number of hydrogen-bond acceptors (Lipinski definition) is 4. The molecule has 0 aliphatic carbocycles. The molecule has 6 heteroatoms. The molecule has 178 valence electrons. The average Bonchev–Trinajstić information content (AvgIpc) is 2.87. The summed E-state index contributed by atoms with van der Waals surface area (Å²) >= 11 is 6.32. The predicted octanol–water partition coefficient (Wildman–Crippen LogP) is 5.55. The van der Waals surface area contributed by atoms with Crippen molar-refractivity contribution in [2.75, 3.05) is 13.3 Å². The maximum atomic E-state index is 13.8. The molecule has 5 nitrogen and oxygen atoms in total. The summed E-state index contributed by atoms with van der Waals surface area (Å²) in [6, 6.07) is 25.8. The number of aryl methyl sites for hydroxylation is 2. The van der Waals surface area contributed by atoms with Crippen LogP contribution in [-0.4, -0.2) is 27.7 Å². The van der Waals surface area contributed by atoms with E-state index in [1.54, 1.807) is 0 Å². The molecule has 0 fully saturated rings. The molecule has 4 aromatic rings. The van der Waals surface area contributed by atoms with Gasteiger partial charge in [0.25, 0.3) is 5.56 Å². The van der Waals surface area contributed by atoms with Crippen LogP contribution >= 0.6 is 11.6 Å². The van der Waals surface area contributed by atoms with Crippen molar-refractivity contribution in [1.29, 1.82) is 0 Å². The molecule has 0 amide bonds. The van der Waals surface area contributed by atoms with Crippen LogP contribution in [0.25, 0.3) is 0 Å². The van der Waals surface area contributed by atoms with Gasteiger partial charge in [-0.15, -0.1) is 0 Å². The minimum atomic E-state index is -0.229. The minimum Gasteiger partial charge on any atom is -0.477 e. The Balaban J connectivity index is 1.44. The van der Waals surface area contributed by atoms with Gasteiger partial charge in [-0.05, 0) is 49.1 Å². The number of halogens is 1. The van der Waals surface area contributed by atoms with E-state index < -0.39 is 0 Å². The van der Waals surface area contributed by atoms with Gasteiger partial charge >= 0.3 is 0 Å². The highest BCUT2D eigenvalue weighted by atomic mass is 35.5. The van der Waals surface area contributed by atoms with Crippen LogP contribution in [0.1, 0.15) is 39.8 Å². The molecule has 35 heavy (non-hydrogen) atoms. The lowest BCUT2D eigenvalue weighted by atomic mass is 9.97. The summed E-state index contributed by atoms with van der Waals surface area (Å²) in [5.41, 5.74) is 4.87. The highest BCUT2D eigenvalue weighted by Crippen LogP contribution is 2.28. The van der Waals surface area contributed by atoms with Crippen LogP contribution in [0.15, 0.2) is 83.7 Å². The van der Waals surface area contributed by atoms with Crippen molar-refractivity contribution in [2.24, 2.45) is 0 Å². The second-order valence-electron chi connectivity index (χ2n) is 8.99. The molecule has 1 aliphatic rings. The second-order valence-corrected chi connectivity index (χ2v) is 9.40. The predicted molar refractivity (Wildman–Crippen MR) is 139 cm³/mol. The number of nitrogens with zero attached hydrogens (tertiary/aromatic N) is 3. The van der Waals surface area contributed by atoms with Gasteiger partial charge in [0, 0.05) is 18.7 Å². The van der Waals surface area contributed by atoms with Gasteiger partial charge in [-0.2, -0.15) is 0 Å². The first-order valence-corrected chi connectivity index (χ1v) is 12.2. The topological polar surface area (TPSA) is 47.4 Å². The molecule has 0 saturated carbocycles. The van der Waals surface area contributed by atoms with Crippen molar-refractivity contribution < 1.29 is 4.74 Å². The van der Waals surface area contributed by atoms with E-state index in [0.29, 0.717) is 36.3 Å². The summed E-state index contributed by atoms with van der Waals surface area (Å²) < 4.78 is 7.82. The van der Waals surface area contributed by atoms with Crippen LogP contribution in [0, 0.1) is 13.8 Å². The Labute approximate surface area is 210 Å². The normalized spacial score (nSPS) is 13.6. The van der Waals surface area contributed by atoms with Gasteiger partial charge in [0.2, 0.25) is 0 Å². The van der Waals surface area contributed by atoms with Crippen molar-refractivity contribution in [1.82, 2.24) is 14.5 Å². The Morgan fingerprint density at radius 3 is 2.26 bits per heavy atom. The van der Waals surface area contributed by atoms with Crippen LogP contribution in [0.5, 0.6) is 5.75 Å². The Morgan fingerprint density at radius 1 is 0.971 bits per heavy atom. The Bertz CT molecular complexity index is 1350. The molecule has 2 heterocycles. The fraction of sp³-hybridized carbons (Fsp3) is 0.241. The first kappa shape index (κ1) is 23.3. The highest BCUT2D eigenvalue weighted by molar-refractivity contribution is 6.32. The summed E-state index contributed by atoms with van der Waals surface area (Å²) in [7, 11) is 0. The van der Waals surface area contributed by atoms with Gasteiger partial charge < -0.3 is 4.74 Å². The molecule has 0 atom stereocenters. The lowest BCUT2D eigenvalue weighted by molar-refractivity contribution is 0.111. The Hall–Kier alpha value is -3.41. The third-order valence-corrected chi connectivity index (χ3v) is 6.80. The lowest BCUT2D eigenvalue weighted by Gasteiger charge is -2.30. The van der Waals surface area contributed by atoms with Gasteiger partial charge in [-0.25, -0.2) is 4.98 Å². The molecular formula is C29H28ClN3O2. The number of fused-ring (bicyclic) bond motifs is 1. The Morgan fingerprint density at radius 2 is 1.63 bits per heavy atom. The van der Waals surface area contributed by atoms with Crippen molar-refractivity contribution in [3.63, 3.8) is 0 Å². The zero-order valence-electron chi connectivity index (χ0n) is 19.9. The van der Waals surface area contributed by atoms with E-state index in [9.17, 15) is 4.79 Å². The van der Waals surface area contributed by atoms with Gasteiger partial charge in [-0.1, -0.05) is 78.3 Å². The third-order valence-electron chi connectivity index (χ3n) is 6.50. The number of hydrogen-bond donors (Lipinski definition) is 0. The standard InChI is InChI=1S/C29H28ClN3O2/c1-20-13-14-27(25(30)17-20)35-19-32-16-15-24-26(18-32)31-21(2)33(29(24)34)28(22-9-5-3-6-10-22)23-11-7-4-8-12-23/h3-14,17,28H,15-16,18-19H2,1-2H3. The molecule has 0 radical (unpaired) electrons. The first-order chi connectivity index (χ1) is 17.0. The molecular weight excluding hydrogens is 458 g/mol. The van der Waals surface area contributed by atoms with Gasteiger partial charge in [0.05, 0.1) is 16.8 Å². The summed E-state index contributed by atoms with van der Waals surface area (Å²) in [6.45, 7) is 5.60. The monoisotopic (exact) mass is 485 g/mol. The smallest absolute Gasteiger partial charge is 0.257 e. The van der Waals surface area contributed by atoms with Crippen molar-refractivity contribution >= 4 is 11.6 Å². The summed E-state index contributed by atoms with van der Waals surface area (Å²) in [6.07, 6.45) is 0.628. The Kier molecular flexibility index (Phi) is 6.71. The third kappa shape index (κ3) is 4.88. The SMILES string of the molecule is Cc1ccc(OCN2CCc3c(nc(C)n(C(c4ccccc4)c4ccccc4)c3=O)C2)c(Cl)c1. The van der Waals surface area contributed by atoms with Gasteiger partial charge in [0.1, 0.15) is 18.3 Å². The molecule has 1 aliphatic heterocycles. The zero-order valence-corrected chi connectivity index (χ0v) is 20.7. The molecule has 0 bridgehead atoms. The average molecular weight is 486 g/mol. The summed E-state index contributed by atoms with van der Waals surface area (Å²) in [4.78, 5) is 20.9. The minimum absolute atomic E-state index is 0.0346. The molecule has 3 aromatic carbocycles. The van der Waals surface area contributed by atoms with Crippen molar-refractivity contribution in [3.8, 4) is 5.75 Å². The van der Waals surface area contributed by atoms with E-state index >= 15 is 0 Å². The maximum Gasteiger partial charge on any atom is 0.257 e. The van der Waals surface area contributed by atoms with Crippen LogP contribution in [0.3, 0.4) is 0 Å². The zero-order chi connectivity index (χ0) is 24.4. The molecule has 0 N–H and O–H groups in total. The van der Waals surface area contributed by atoms with Crippen LogP contribution in [0.4, 0.5) is 0 Å². The largest absolute Gasteiger partial charge is 0.477 e. The highest BCUT2D eigenvalue weighted by Gasteiger charge is 2.27. The van der Waals surface area contributed by atoms with E-state index in [4.69, 9.17) is 21.3 Å². The fourth-order valence-electron chi connectivity index (χ4n) is 4.73. The van der Waals surface area contributed by atoms with Gasteiger partial charge in [-0.3, -0.25) is 14.3 Å². The van der Waals surface area contributed by atoms with Crippen molar-refractivity contribution in [2.45, 2.75) is 32.9 Å². The maximum absolute atomic E-state index is 13.8. The van der Waals surface area contributed by atoms with Crippen LogP contribution in [-0.2, 0) is 13.0 Å². The van der Waals surface area contributed by atoms with E-state index in [-0.39, 0.29) is 11.6 Å². The lowest BCUT2D eigenvalue weighted by Crippen LogP contribution is -2.41. The van der Waals surface area contributed by atoms with Crippen LogP contribution in [0.2, 0.25) is 5.02 Å². The van der Waals surface area contributed by atoms with E-state index in [2.05, 4.69) is 29.2 Å². The number of benzene rings is 3. The molecule has 0 saturated heterocycles. The molecule has 5 rings (SSSR count). The van der Waals surface area contributed by atoms with E-state index in [1.165, 1.54) is 0 Å². The molecule has 0 spiro atoms. The molecule has 0 unspecified atom stereocenters.